The third-order valence-corrected chi connectivity index (χ3v) is 3.30. The predicted molar refractivity (Wildman–Crippen MR) is 81.7 cm³/mol. The molecule has 0 spiro atoms. The highest BCUT2D eigenvalue weighted by atomic mass is 19.1. The molecule has 0 atom stereocenters. The van der Waals surface area contributed by atoms with Crippen molar-refractivity contribution in [2.75, 3.05) is 26.2 Å². The van der Waals surface area contributed by atoms with Gasteiger partial charge in [0.05, 0.1) is 0 Å². The SMILES string of the molecule is CCN(CC)CCOc1c(F)cccc1CNC(C)C. The van der Waals surface area contributed by atoms with Gasteiger partial charge in [-0.1, -0.05) is 39.8 Å². The van der Waals surface area contributed by atoms with Crippen LogP contribution in [0.15, 0.2) is 18.2 Å². The molecular weight excluding hydrogens is 255 g/mol. The number of nitrogens with zero attached hydrogens (tertiary/aromatic N) is 1. The number of nitrogens with one attached hydrogen (secondary N) is 1. The van der Waals surface area contributed by atoms with Crippen molar-refractivity contribution in [2.45, 2.75) is 40.3 Å². The monoisotopic (exact) mass is 282 g/mol. The molecule has 0 saturated carbocycles. The van der Waals surface area contributed by atoms with Gasteiger partial charge in [0.15, 0.2) is 11.6 Å². The Hall–Kier alpha value is -1.13. The normalized spacial score (nSPS) is 11.3. The molecule has 0 unspecified atom stereocenters. The summed E-state index contributed by atoms with van der Waals surface area (Å²) in [5.41, 5.74) is 0.873. The minimum atomic E-state index is -0.285. The lowest BCUT2D eigenvalue weighted by molar-refractivity contribution is 0.215. The Labute approximate surface area is 122 Å². The van der Waals surface area contributed by atoms with E-state index in [2.05, 4.69) is 37.9 Å². The van der Waals surface area contributed by atoms with Crippen LogP contribution < -0.4 is 10.1 Å². The maximum absolute atomic E-state index is 13.9. The highest BCUT2D eigenvalue weighted by molar-refractivity contribution is 5.34. The van der Waals surface area contributed by atoms with E-state index in [1.54, 1.807) is 6.07 Å². The molecule has 114 valence electrons. The van der Waals surface area contributed by atoms with Crippen molar-refractivity contribution in [1.82, 2.24) is 10.2 Å². The first-order chi connectivity index (χ1) is 9.58. The third kappa shape index (κ3) is 5.47. The van der Waals surface area contributed by atoms with Crippen LogP contribution in [0.1, 0.15) is 33.3 Å². The van der Waals surface area contributed by atoms with E-state index in [0.29, 0.717) is 24.9 Å². The van der Waals surface area contributed by atoms with Gasteiger partial charge in [-0.2, -0.15) is 0 Å². The van der Waals surface area contributed by atoms with Crippen molar-refractivity contribution in [2.24, 2.45) is 0 Å². The fourth-order valence-electron chi connectivity index (χ4n) is 1.99. The molecule has 0 heterocycles. The zero-order valence-corrected chi connectivity index (χ0v) is 13.1. The topological polar surface area (TPSA) is 24.5 Å². The Morgan fingerprint density at radius 1 is 1.25 bits per heavy atom. The van der Waals surface area contributed by atoms with Gasteiger partial charge >= 0.3 is 0 Å². The Morgan fingerprint density at radius 3 is 2.55 bits per heavy atom. The molecule has 4 heteroatoms. The lowest BCUT2D eigenvalue weighted by Gasteiger charge is -2.19. The van der Waals surface area contributed by atoms with E-state index >= 15 is 0 Å². The summed E-state index contributed by atoms with van der Waals surface area (Å²) >= 11 is 0. The van der Waals surface area contributed by atoms with Crippen LogP contribution in [0, 0.1) is 5.82 Å². The van der Waals surface area contributed by atoms with E-state index in [9.17, 15) is 4.39 Å². The van der Waals surface area contributed by atoms with Crippen molar-refractivity contribution >= 4 is 0 Å². The largest absolute Gasteiger partial charge is 0.489 e. The Kier molecular flexibility index (Phi) is 7.55. The van der Waals surface area contributed by atoms with Gasteiger partial charge in [0.1, 0.15) is 6.61 Å². The van der Waals surface area contributed by atoms with E-state index < -0.39 is 0 Å². The van der Waals surface area contributed by atoms with Gasteiger partial charge in [-0.25, -0.2) is 4.39 Å². The average molecular weight is 282 g/mol. The fraction of sp³-hybridized carbons (Fsp3) is 0.625. The number of benzene rings is 1. The van der Waals surface area contributed by atoms with Gasteiger partial charge < -0.3 is 15.0 Å². The van der Waals surface area contributed by atoms with Crippen LogP contribution in [-0.4, -0.2) is 37.2 Å². The molecule has 0 radical (unpaired) electrons. The second-order valence-corrected chi connectivity index (χ2v) is 5.14. The summed E-state index contributed by atoms with van der Waals surface area (Å²) in [5, 5.41) is 3.29. The molecule has 1 aromatic rings. The summed E-state index contributed by atoms with van der Waals surface area (Å²) in [7, 11) is 0. The zero-order chi connectivity index (χ0) is 15.0. The van der Waals surface area contributed by atoms with Gasteiger partial charge in [-0.15, -0.1) is 0 Å². The summed E-state index contributed by atoms with van der Waals surface area (Å²) < 4.78 is 19.6. The molecule has 1 N–H and O–H groups in total. The number of hydrogen-bond donors (Lipinski definition) is 1. The van der Waals surface area contributed by atoms with Gasteiger partial charge in [0, 0.05) is 24.7 Å². The van der Waals surface area contributed by atoms with Gasteiger partial charge in [-0.3, -0.25) is 0 Å². The number of ether oxygens (including phenoxy) is 1. The summed E-state index contributed by atoms with van der Waals surface area (Å²) in [6.45, 7) is 12.3. The predicted octanol–water partition coefficient (Wildman–Crippen LogP) is 3.04. The molecule has 0 aliphatic carbocycles. The fourth-order valence-corrected chi connectivity index (χ4v) is 1.99. The zero-order valence-electron chi connectivity index (χ0n) is 13.1. The number of likely N-dealkylation sites (N-methyl/N-ethyl adjacent to an activating group) is 1. The van der Waals surface area contributed by atoms with E-state index in [1.165, 1.54) is 6.07 Å². The Bertz CT molecular complexity index is 392. The van der Waals surface area contributed by atoms with Crippen LogP contribution in [-0.2, 0) is 6.54 Å². The molecule has 0 bridgehead atoms. The third-order valence-electron chi connectivity index (χ3n) is 3.30. The van der Waals surface area contributed by atoms with Crippen LogP contribution in [0.5, 0.6) is 5.75 Å². The molecular formula is C16H27FN2O. The highest BCUT2D eigenvalue weighted by Gasteiger charge is 2.10. The van der Waals surface area contributed by atoms with E-state index in [0.717, 1.165) is 25.2 Å². The molecule has 1 aromatic carbocycles. The van der Waals surface area contributed by atoms with Crippen molar-refractivity contribution in [3.05, 3.63) is 29.6 Å². The van der Waals surface area contributed by atoms with Crippen LogP contribution in [0.3, 0.4) is 0 Å². The molecule has 0 amide bonds. The number of rotatable bonds is 9. The lowest BCUT2D eigenvalue weighted by Crippen LogP contribution is -2.28. The van der Waals surface area contributed by atoms with E-state index in [1.807, 2.05) is 6.07 Å². The van der Waals surface area contributed by atoms with Gasteiger partial charge in [0.2, 0.25) is 0 Å². The second-order valence-electron chi connectivity index (χ2n) is 5.14. The molecule has 3 nitrogen and oxygen atoms in total. The average Bonchev–Trinajstić information content (AvgIpc) is 2.43. The van der Waals surface area contributed by atoms with E-state index in [4.69, 9.17) is 4.74 Å². The standard InChI is InChI=1S/C16H27FN2O/c1-5-19(6-2)10-11-20-16-14(12-18-13(3)4)8-7-9-15(16)17/h7-9,13,18H,5-6,10-12H2,1-4H3. The van der Waals surface area contributed by atoms with Gasteiger partial charge in [0.25, 0.3) is 0 Å². The Morgan fingerprint density at radius 2 is 1.95 bits per heavy atom. The first-order valence-electron chi connectivity index (χ1n) is 7.44. The number of halogens is 1. The molecule has 0 aromatic heterocycles. The maximum atomic E-state index is 13.9. The molecule has 0 saturated heterocycles. The lowest BCUT2D eigenvalue weighted by atomic mass is 10.2. The first kappa shape index (κ1) is 16.9. The van der Waals surface area contributed by atoms with Crippen molar-refractivity contribution in [3.8, 4) is 5.75 Å². The number of para-hydroxylation sites is 1. The highest BCUT2D eigenvalue weighted by Crippen LogP contribution is 2.22. The quantitative estimate of drug-likeness (QED) is 0.753. The second kappa shape index (κ2) is 8.93. The van der Waals surface area contributed by atoms with Crippen molar-refractivity contribution in [1.29, 1.82) is 0 Å². The first-order valence-corrected chi connectivity index (χ1v) is 7.44. The Balaban J connectivity index is 2.62. The molecule has 0 aliphatic rings. The van der Waals surface area contributed by atoms with Crippen LogP contribution in [0.2, 0.25) is 0 Å². The van der Waals surface area contributed by atoms with Crippen molar-refractivity contribution < 1.29 is 9.13 Å². The minimum absolute atomic E-state index is 0.285. The molecule has 0 aliphatic heterocycles. The smallest absolute Gasteiger partial charge is 0.165 e. The van der Waals surface area contributed by atoms with Crippen molar-refractivity contribution in [3.63, 3.8) is 0 Å². The summed E-state index contributed by atoms with van der Waals surface area (Å²) in [6.07, 6.45) is 0. The maximum Gasteiger partial charge on any atom is 0.165 e. The van der Waals surface area contributed by atoms with E-state index in [-0.39, 0.29) is 5.82 Å². The molecule has 1 rings (SSSR count). The van der Waals surface area contributed by atoms with Crippen LogP contribution in [0.4, 0.5) is 4.39 Å². The van der Waals surface area contributed by atoms with Crippen LogP contribution >= 0.6 is 0 Å². The molecule has 0 fully saturated rings. The molecule has 20 heavy (non-hydrogen) atoms. The summed E-state index contributed by atoms with van der Waals surface area (Å²) in [5.74, 6) is 0.0976. The summed E-state index contributed by atoms with van der Waals surface area (Å²) in [4.78, 5) is 2.26. The van der Waals surface area contributed by atoms with Gasteiger partial charge in [-0.05, 0) is 19.2 Å². The summed E-state index contributed by atoms with van der Waals surface area (Å²) in [6, 6.07) is 5.45. The minimum Gasteiger partial charge on any atom is -0.489 e. The van der Waals surface area contributed by atoms with Crippen LogP contribution in [0.25, 0.3) is 0 Å². The number of hydrogen-bond acceptors (Lipinski definition) is 3.